The second-order valence-electron chi connectivity index (χ2n) is 3.87. The van der Waals surface area contributed by atoms with Gasteiger partial charge < -0.3 is 10.1 Å². The molecule has 0 radical (unpaired) electrons. The van der Waals surface area contributed by atoms with Crippen molar-refractivity contribution in [2.75, 3.05) is 13.2 Å². The van der Waals surface area contributed by atoms with Crippen LogP contribution in [0.2, 0.25) is 0 Å². The lowest BCUT2D eigenvalue weighted by atomic mass is 10.3. The second kappa shape index (κ2) is 5.34. The Morgan fingerprint density at radius 2 is 2.06 bits per heavy atom. The summed E-state index contributed by atoms with van der Waals surface area (Å²) in [5.74, 6) is 1.26. The van der Waals surface area contributed by atoms with Gasteiger partial charge in [-0.05, 0) is 37.1 Å². The fourth-order valence-electron chi connectivity index (χ4n) is 1.36. The van der Waals surface area contributed by atoms with Crippen LogP contribution >= 0.6 is 15.9 Å². The molecule has 1 aromatic rings. The SMILES string of the molecule is O=C(NCCOc1ccc(Br)cc1)C1CC1. The van der Waals surface area contributed by atoms with Gasteiger partial charge in [0.2, 0.25) is 5.91 Å². The molecule has 0 aliphatic heterocycles. The Hall–Kier alpha value is -1.03. The molecular weight excluding hydrogens is 270 g/mol. The van der Waals surface area contributed by atoms with Gasteiger partial charge in [-0.15, -0.1) is 0 Å². The summed E-state index contributed by atoms with van der Waals surface area (Å²) in [4.78, 5) is 11.3. The highest BCUT2D eigenvalue weighted by molar-refractivity contribution is 9.10. The minimum Gasteiger partial charge on any atom is -0.492 e. The van der Waals surface area contributed by atoms with E-state index in [1.54, 1.807) is 0 Å². The summed E-state index contributed by atoms with van der Waals surface area (Å²) in [6.07, 6.45) is 2.08. The second-order valence-corrected chi connectivity index (χ2v) is 4.78. The maximum Gasteiger partial charge on any atom is 0.223 e. The normalized spacial score (nSPS) is 14.6. The van der Waals surface area contributed by atoms with Crippen molar-refractivity contribution in [1.82, 2.24) is 5.32 Å². The largest absolute Gasteiger partial charge is 0.492 e. The van der Waals surface area contributed by atoms with Gasteiger partial charge in [-0.2, -0.15) is 0 Å². The van der Waals surface area contributed by atoms with E-state index in [1.807, 2.05) is 24.3 Å². The highest BCUT2D eigenvalue weighted by Crippen LogP contribution is 2.28. The first-order valence-corrected chi connectivity index (χ1v) is 6.21. The molecule has 1 aliphatic carbocycles. The number of carbonyl (C=O) groups excluding carboxylic acids is 1. The number of nitrogens with one attached hydrogen (secondary N) is 1. The molecule has 0 heterocycles. The lowest BCUT2D eigenvalue weighted by Gasteiger charge is -2.07. The van der Waals surface area contributed by atoms with E-state index >= 15 is 0 Å². The zero-order valence-corrected chi connectivity index (χ0v) is 10.5. The number of carbonyl (C=O) groups is 1. The smallest absolute Gasteiger partial charge is 0.223 e. The maximum absolute atomic E-state index is 11.3. The van der Waals surface area contributed by atoms with Gasteiger partial charge in [0.25, 0.3) is 0 Å². The summed E-state index contributed by atoms with van der Waals surface area (Å²) in [7, 11) is 0. The molecule has 16 heavy (non-hydrogen) atoms. The summed E-state index contributed by atoms with van der Waals surface area (Å²) in [5.41, 5.74) is 0. The predicted molar refractivity (Wildman–Crippen MR) is 65.4 cm³/mol. The van der Waals surface area contributed by atoms with Gasteiger partial charge in [-0.3, -0.25) is 4.79 Å². The highest BCUT2D eigenvalue weighted by Gasteiger charge is 2.28. The highest BCUT2D eigenvalue weighted by atomic mass is 79.9. The van der Waals surface area contributed by atoms with Crippen LogP contribution < -0.4 is 10.1 Å². The number of halogens is 1. The zero-order chi connectivity index (χ0) is 11.4. The van der Waals surface area contributed by atoms with Gasteiger partial charge in [0.05, 0.1) is 6.54 Å². The molecule has 0 unspecified atom stereocenters. The van der Waals surface area contributed by atoms with E-state index < -0.39 is 0 Å². The molecule has 1 aromatic carbocycles. The fourth-order valence-corrected chi connectivity index (χ4v) is 1.63. The molecule has 1 N–H and O–H groups in total. The van der Waals surface area contributed by atoms with Crippen LogP contribution in [0.1, 0.15) is 12.8 Å². The van der Waals surface area contributed by atoms with Crippen LogP contribution in [-0.2, 0) is 4.79 Å². The standard InChI is InChI=1S/C12H14BrNO2/c13-10-3-5-11(6-4-10)16-8-7-14-12(15)9-1-2-9/h3-6,9H,1-2,7-8H2,(H,14,15). The molecule has 3 nitrogen and oxygen atoms in total. The van der Waals surface area contributed by atoms with Gasteiger partial charge in [-0.25, -0.2) is 0 Å². The van der Waals surface area contributed by atoms with Crippen LogP contribution in [0.3, 0.4) is 0 Å². The minimum atomic E-state index is 0.166. The van der Waals surface area contributed by atoms with Gasteiger partial charge >= 0.3 is 0 Å². The quantitative estimate of drug-likeness (QED) is 0.843. The Morgan fingerprint density at radius 3 is 2.69 bits per heavy atom. The zero-order valence-electron chi connectivity index (χ0n) is 8.91. The molecular formula is C12H14BrNO2. The summed E-state index contributed by atoms with van der Waals surface area (Å²) in [6.45, 7) is 1.09. The van der Waals surface area contributed by atoms with E-state index in [0.717, 1.165) is 23.1 Å². The van der Waals surface area contributed by atoms with Crippen molar-refractivity contribution in [2.45, 2.75) is 12.8 Å². The van der Waals surface area contributed by atoms with Crippen molar-refractivity contribution in [3.8, 4) is 5.75 Å². The van der Waals surface area contributed by atoms with Crippen molar-refractivity contribution in [1.29, 1.82) is 0 Å². The average Bonchev–Trinajstić information content (AvgIpc) is 3.10. The van der Waals surface area contributed by atoms with Gasteiger partial charge in [0.15, 0.2) is 0 Å². The Labute approximate surface area is 103 Å². The summed E-state index contributed by atoms with van der Waals surface area (Å²) < 4.78 is 6.51. The first kappa shape index (κ1) is 11.5. The molecule has 2 rings (SSSR count). The average molecular weight is 284 g/mol. The number of hydrogen-bond acceptors (Lipinski definition) is 2. The van der Waals surface area contributed by atoms with Crippen molar-refractivity contribution in [3.63, 3.8) is 0 Å². The first-order chi connectivity index (χ1) is 7.75. The van der Waals surface area contributed by atoms with E-state index in [1.165, 1.54) is 0 Å². The predicted octanol–water partition coefficient (Wildman–Crippen LogP) is 2.35. The molecule has 1 fully saturated rings. The van der Waals surface area contributed by atoms with E-state index in [-0.39, 0.29) is 11.8 Å². The maximum atomic E-state index is 11.3. The fraction of sp³-hybridized carbons (Fsp3) is 0.417. The Morgan fingerprint density at radius 1 is 1.38 bits per heavy atom. The van der Waals surface area contributed by atoms with E-state index in [9.17, 15) is 4.79 Å². The lowest BCUT2D eigenvalue weighted by molar-refractivity contribution is -0.122. The number of hydrogen-bond donors (Lipinski definition) is 1. The molecule has 0 spiro atoms. The van der Waals surface area contributed by atoms with Crippen LogP contribution in [0.4, 0.5) is 0 Å². The molecule has 1 aliphatic rings. The molecule has 0 atom stereocenters. The van der Waals surface area contributed by atoms with Crippen LogP contribution in [0.5, 0.6) is 5.75 Å². The number of rotatable bonds is 5. The minimum absolute atomic E-state index is 0.166. The van der Waals surface area contributed by atoms with Crippen LogP contribution in [0, 0.1) is 5.92 Å². The summed E-state index contributed by atoms with van der Waals surface area (Å²) in [6, 6.07) is 7.65. The molecule has 0 aromatic heterocycles. The third-order valence-electron chi connectivity index (χ3n) is 2.43. The van der Waals surface area contributed by atoms with Gasteiger partial charge in [0, 0.05) is 10.4 Å². The van der Waals surface area contributed by atoms with Crippen LogP contribution in [-0.4, -0.2) is 19.1 Å². The van der Waals surface area contributed by atoms with Crippen molar-refractivity contribution < 1.29 is 9.53 Å². The Kier molecular flexibility index (Phi) is 3.83. The molecule has 86 valence electrons. The summed E-state index contributed by atoms with van der Waals surface area (Å²) >= 11 is 3.36. The molecule has 1 saturated carbocycles. The number of benzene rings is 1. The lowest BCUT2D eigenvalue weighted by Crippen LogP contribution is -2.29. The Balaban J connectivity index is 1.63. The first-order valence-electron chi connectivity index (χ1n) is 5.42. The van der Waals surface area contributed by atoms with Crippen molar-refractivity contribution >= 4 is 21.8 Å². The van der Waals surface area contributed by atoms with Crippen LogP contribution in [0.25, 0.3) is 0 Å². The molecule has 0 saturated heterocycles. The summed E-state index contributed by atoms with van der Waals surface area (Å²) in [5, 5.41) is 2.85. The van der Waals surface area contributed by atoms with E-state index in [4.69, 9.17) is 4.74 Å². The van der Waals surface area contributed by atoms with Crippen LogP contribution in [0.15, 0.2) is 28.7 Å². The monoisotopic (exact) mass is 283 g/mol. The number of amides is 1. The third-order valence-corrected chi connectivity index (χ3v) is 2.96. The topological polar surface area (TPSA) is 38.3 Å². The Bertz CT molecular complexity index is 360. The van der Waals surface area contributed by atoms with Crippen molar-refractivity contribution in [2.24, 2.45) is 5.92 Å². The van der Waals surface area contributed by atoms with Crippen molar-refractivity contribution in [3.05, 3.63) is 28.7 Å². The van der Waals surface area contributed by atoms with E-state index in [2.05, 4.69) is 21.2 Å². The molecule has 4 heteroatoms. The van der Waals surface area contributed by atoms with Gasteiger partial charge in [0.1, 0.15) is 12.4 Å². The molecule has 1 amide bonds. The number of ether oxygens (including phenoxy) is 1. The molecule has 0 bridgehead atoms. The third kappa shape index (κ3) is 3.52. The van der Waals surface area contributed by atoms with E-state index in [0.29, 0.717) is 13.2 Å². The van der Waals surface area contributed by atoms with Gasteiger partial charge in [-0.1, -0.05) is 15.9 Å².